The van der Waals surface area contributed by atoms with Gasteiger partial charge in [0.15, 0.2) is 0 Å². The van der Waals surface area contributed by atoms with Gasteiger partial charge in [0.25, 0.3) is 0 Å². The average Bonchev–Trinajstić information content (AvgIpc) is 3.05. The summed E-state index contributed by atoms with van der Waals surface area (Å²) in [6.07, 6.45) is 5.54. The van der Waals surface area contributed by atoms with Crippen molar-refractivity contribution in [3.8, 4) is 0 Å². The molecular formula is C17H25N. The molecule has 1 aromatic carbocycles. The van der Waals surface area contributed by atoms with Crippen LogP contribution >= 0.6 is 0 Å². The van der Waals surface area contributed by atoms with E-state index >= 15 is 0 Å². The molecule has 1 aromatic rings. The van der Waals surface area contributed by atoms with Crippen LogP contribution in [-0.2, 0) is 0 Å². The molecule has 1 nitrogen and oxygen atoms in total. The molecular weight excluding hydrogens is 218 g/mol. The quantitative estimate of drug-likeness (QED) is 0.750. The summed E-state index contributed by atoms with van der Waals surface area (Å²) < 4.78 is 0. The van der Waals surface area contributed by atoms with E-state index in [4.69, 9.17) is 0 Å². The zero-order valence-corrected chi connectivity index (χ0v) is 12.0. The van der Waals surface area contributed by atoms with Crippen molar-refractivity contribution in [3.63, 3.8) is 0 Å². The lowest BCUT2D eigenvalue weighted by atomic mass is 9.92. The Morgan fingerprint density at radius 2 is 1.78 bits per heavy atom. The lowest BCUT2D eigenvalue weighted by Crippen LogP contribution is -2.19. The van der Waals surface area contributed by atoms with Crippen molar-refractivity contribution in [2.45, 2.75) is 58.3 Å². The van der Waals surface area contributed by atoms with Gasteiger partial charge < -0.3 is 4.90 Å². The van der Waals surface area contributed by atoms with E-state index in [1.165, 1.54) is 50.0 Å². The Morgan fingerprint density at radius 1 is 1.11 bits per heavy atom. The summed E-state index contributed by atoms with van der Waals surface area (Å²) in [7, 11) is 0. The maximum absolute atomic E-state index is 2.60. The fourth-order valence-electron chi connectivity index (χ4n) is 3.28. The van der Waals surface area contributed by atoms with E-state index < -0.39 is 0 Å². The first-order valence-corrected chi connectivity index (χ1v) is 7.56. The van der Waals surface area contributed by atoms with Crippen LogP contribution in [0.4, 0.5) is 5.69 Å². The van der Waals surface area contributed by atoms with Gasteiger partial charge in [-0.05, 0) is 67.2 Å². The molecule has 1 heteroatoms. The van der Waals surface area contributed by atoms with Gasteiger partial charge >= 0.3 is 0 Å². The molecule has 2 fully saturated rings. The third kappa shape index (κ3) is 2.15. The van der Waals surface area contributed by atoms with Gasteiger partial charge in [-0.15, -0.1) is 0 Å². The molecule has 1 aliphatic heterocycles. The molecule has 18 heavy (non-hydrogen) atoms. The highest BCUT2D eigenvalue weighted by molar-refractivity contribution is 5.60. The van der Waals surface area contributed by atoms with Crippen molar-refractivity contribution in [2.24, 2.45) is 0 Å². The molecule has 1 aliphatic carbocycles. The number of anilines is 1. The zero-order chi connectivity index (χ0) is 12.7. The monoisotopic (exact) mass is 243 g/mol. The van der Waals surface area contributed by atoms with Crippen LogP contribution in [0.3, 0.4) is 0 Å². The topological polar surface area (TPSA) is 3.24 Å². The molecule has 0 amide bonds. The Hall–Kier alpha value is -0.980. The van der Waals surface area contributed by atoms with Crippen molar-refractivity contribution in [1.29, 1.82) is 0 Å². The Labute approximate surface area is 111 Å². The number of nitrogens with zero attached hydrogens (tertiary/aromatic N) is 1. The van der Waals surface area contributed by atoms with Crippen LogP contribution in [0.25, 0.3) is 0 Å². The molecule has 0 aromatic heterocycles. The number of hydrogen-bond acceptors (Lipinski definition) is 1. The number of rotatable bonds is 3. The average molecular weight is 243 g/mol. The van der Waals surface area contributed by atoms with Crippen LogP contribution < -0.4 is 4.90 Å². The van der Waals surface area contributed by atoms with Crippen molar-refractivity contribution in [2.75, 3.05) is 18.0 Å². The summed E-state index contributed by atoms with van der Waals surface area (Å²) in [6, 6.07) is 4.97. The molecule has 1 saturated carbocycles. The minimum absolute atomic E-state index is 0.644. The van der Waals surface area contributed by atoms with Gasteiger partial charge in [0.05, 0.1) is 0 Å². The molecule has 0 radical (unpaired) electrons. The second kappa shape index (κ2) is 4.60. The third-order valence-electron chi connectivity index (χ3n) is 4.56. The van der Waals surface area contributed by atoms with Crippen LogP contribution in [0, 0.1) is 6.92 Å². The fraction of sp³-hybridized carbons (Fsp3) is 0.647. The number of benzene rings is 1. The van der Waals surface area contributed by atoms with Gasteiger partial charge in [-0.1, -0.05) is 19.9 Å². The predicted molar refractivity (Wildman–Crippen MR) is 78.7 cm³/mol. The minimum Gasteiger partial charge on any atom is -0.371 e. The van der Waals surface area contributed by atoms with Crippen LogP contribution in [0.15, 0.2) is 12.1 Å². The third-order valence-corrected chi connectivity index (χ3v) is 4.56. The molecule has 2 aliphatic rings. The fourth-order valence-corrected chi connectivity index (χ4v) is 3.28. The van der Waals surface area contributed by atoms with E-state index in [1.807, 2.05) is 0 Å². The summed E-state index contributed by atoms with van der Waals surface area (Å²) in [5.74, 6) is 1.51. The van der Waals surface area contributed by atoms with E-state index in [0.717, 1.165) is 5.92 Å². The Bertz CT molecular complexity index is 437. The summed E-state index contributed by atoms with van der Waals surface area (Å²) in [5, 5.41) is 0. The smallest absolute Gasteiger partial charge is 0.0401 e. The van der Waals surface area contributed by atoms with Crippen LogP contribution in [-0.4, -0.2) is 13.1 Å². The Kier molecular flexibility index (Phi) is 3.09. The second-order valence-electron chi connectivity index (χ2n) is 6.38. The van der Waals surface area contributed by atoms with Crippen LogP contribution in [0.1, 0.15) is 68.1 Å². The second-order valence-corrected chi connectivity index (χ2v) is 6.38. The van der Waals surface area contributed by atoms with Gasteiger partial charge in [0.2, 0.25) is 0 Å². The lowest BCUT2D eigenvalue weighted by Gasteiger charge is -2.24. The summed E-state index contributed by atoms with van der Waals surface area (Å²) in [4.78, 5) is 2.60. The van der Waals surface area contributed by atoms with Crippen molar-refractivity contribution in [1.82, 2.24) is 0 Å². The highest BCUT2D eigenvalue weighted by Crippen LogP contribution is 2.43. The summed E-state index contributed by atoms with van der Waals surface area (Å²) in [6.45, 7) is 9.48. The molecule has 0 atom stereocenters. The highest BCUT2D eigenvalue weighted by Gasteiger charge is 2.26. The minimum atomic E-state index is 0.644. The molecule has 0 bridgehead atoms. The maximum atomic E-state index is 2.60. The van der Waals surface area contributed by atoms with Crippen LogP contribution in [0.5, 0.6) is 0 Å². The highest BCUT2D eigenvalue weighted by atomic mass is 15.1. The molecule has 1 heterocycles. The standard InChI is InChI=1S/C17H25N/c1-12(2)16-10-15(14-6-7-14)11-17(13(16)3)18-8-4-5-9-18/h10-12,14H,4-9H2,1-3H3. The van der Waals surface area contributed by atoms with Crippen molar-refractivity contribution < 1.29 is 0 Å². The normalized spacial score (nSPS) is 19.9. The van der Waals surface area contributed by atoms with E-state index in [1.54, 1.807) is 11.1 Å². The van der Waals surface area contributed by atoms with E-state index in [0.29, 0.717) is 5.92 Å². The summed E-state index contributed by atoms with van der Waals surface area (Å²) in [5.41, 5.74) is 6.23. The SMILES string of the molecule is Cc1c(C(C)C)cc(C2CC2)cc1N1CCCC1. The molecule has 98 valence electrons. The van der Waals surface area contributed by atoms with Gasteiger partial charge in [-0.2, -0.15) is 0 Å². The van der Waals surface area contributed by atoms with Crippen molar-refractivity contribution in [3.05, 3.63) is 28.8 Å². The molecule has 3 rings (SSSR count). The van der Waals surface area contributed by atoms with Gasteiger partial charge in [-0.3, -0.25) is 0 Å². The molecule has 0 unspecified atom stereocenters. The summed E-state index contributed by atoms with van der Waals surface area (Å²) >= 11 is 0. The largest absolute Gasteiger partial charge is 0.371 e. The first-order chi connectivity index (χ1) is 8.66. The first-order valence-electron chi connectivity index (χ1n) is 7.56. The van der Waals surface area contributed by atoms with E-state index in [9.17, 15) is 0 Å². The molecule has 0 N–H and O–H groups in total. The zero-order valence-electron chi connectivity index (χ0n) is 12.0. The molecule has 1 saturated heterocycles. The van der Waals surface area contributed by atoms with Gasteiger partial charge in [0.1, 0.15) is 0 Å². The molecule has 0 spiro atoms. The van der Waals surface area contributed by atoms with Crippen molar-refractivity contribution >= 4 is 5.69 Å². The van der Waals surface area contributed by atoms with E-state index in [-0.39, 0.29) is 0 Å². The Morgan fingerprint density at radius 3 is 2.33 bits per heavy atom. The lowest BCUT2D eigenvalue weighted by molar-refractivity contribution is 0.844. The van der Waals surface area contributed by atoms with E-state index in [2.05, 4.69) is 37.8 Å². The van der Waals surface area contributed by atoms with Crippen LogP contribution in [0.2, 0.25) is 0 Å². The van der Waals surface area contributed by atoms with Gasteiger partial charge in [0, 0.05) is 18.8 Å². The predicted octanol–water partition coefficient (Wildman–Crippen LogP) is 4.60. The number of hydrogen-bond donors (Lipinski definition) is 0. The maximum Gasteiger partial charge on any atom is 0.0401 e. The first kappa shape index (κ1) is 12.1. The Balaban J connectivity index is 2.04. The van der Waals surface area contributed by atoms with Gasteiger partial charge in [-0.25, -0.2) is 0 Å².